The molecule has 17 heavy (non-hydrogen) atoms. The fraction of sp³-hybridized carbons (Fsp3) is 0.750. The van der Waals surface area contributed by atoms with Gasteiger partial charge >= 0.3 is 0 Å². The normalized spacial score (nSPS) is 19.9. The monoisotopic (exact) mass is 251 g/mol. The highest BCUT2D eigenvalue weighted by molar-refractivity contribution is 5.81. The Labute approximate surface area is 97.0 Å². The van der Waals surface area contributed by atoms with E-state index in [1.165, 1.54) is 0 Å². The number of carbonyl (C=O) groups is 2. The Morgan fingerprint density at radius 3 is 2.18 bits per heavy atom. The van der Waals surface area contributed by atoms with Crippen molar-refractivity contribution in [2.45, 2.75) is 30.6 Å². The van der Waals surface area contributed by atoms with Crippen molar-refractivity contribution in [1.29, 1.82) is 0 Å². The molecule has 0 aromatic carbocycles. The molecule has 100 valence electrons. The third kappa shape index (κ3) is 4.73. The van der Waals surface area contributed by atoms with Gasteiger partial charge in [-0.3, -0.25) is 4.79 Å². The molecular weight excluding hydrogens is 234 g/mol. The standard InChI is InChI=1S/C8H17N3O6/c9-1-4(10)11-8(17)7(16)6(15)5(14)3(13)2-12/h2-7,13-16H,1,9-10H2,(H,11,17)/t3-,4?,5+,6+,7-/m1/s1. The number of rotatable bonds is 7. The number of nitrogens with one attached hydrogen (secondary N) is 1. The van der Waals surface area contributed by atoms with E-state index in [4.69, 9.17) is 21.7 Å². The molecule has 0 spiro atoms. The smallest absolute Gasteiger partial charge is 0.252 e. The predicted octanol–water partition coefficient (Wildman–Crippen LogP) is -5.01. The van der Waals surface area contributed by atoms with Crippen molar-refractivity contribution in [3.8, 4) is 0 Å². The van der Waals surface area contributed by atoms with Gasteiger partial charge in [-0.15, -0.1) is 0 Å². The van der Waals surface area contributed by atoms with E-state index in [1.54, 1.807) is 0 Å². The molecule has 0 bridgehead atoms. The molecule has 0 aliphatic carbocycles. The van der Waals surface area contributed by atoms with Crippen LogP contribution in [0.15, 0.2) is 0 Å². The third-order valence-corrected chi connectivity index (χ3v) is 2.01. The number of aliphatic hydroxyl groups excluding tert-OH is 4. The minimum absolute atomic E-state index is 0.0376. The molecule has 0 aromatic rings. The summed E-state index contributed by atoms with van der Waals surface area (Å²) >= 11 is 0. The maximum absolute atomic E-state index is 11.2. The number of aldehydes is 1. The fourth-order valence-corrected chi connectivity index (χ4v) is 0.951. The summed E-state index contributed by atoms with van der Waals surface area (Å²) in [6.07, 6.45) is -8.92. The maximum Gasteiger partial charge on any atom is 0.252 e. The van der Waals surface area contributed by atoms with Crippen LogP contribution in [0.2, 0.25) is 0 Å². The van der Waals surface area contributed by atoms with Crippen LogP contribution in [0.1, 0.15) is 0 Å². The Bertz CT molecular complexity index is 264. The molecule has 0 radical (unpaired) electrons. The van der Waals surface area contributed by atoms with Gasteiger partial charge in [0, 0.05) is 6.54 Å². The second-order valence-electron chi connectivity index (χ2n) is 3.40. The van der Waals surface area contributed by atoms with Crippen molar-refractivity contribution in [2.75, 3.05) is 6.54 Å². The predicted molar refractivity (Wildman–Crippen MR) is 55.3 cm³/mol. The maximum atomic E-state index is 11.2. The van der Waals surface area contributed by atoms with Gasteiger partial charge in [-0.1, -0.05) is 0 Å². The van der Waals surface area contributed by atoms with Gasteiger partial charge in [-0.2, -0.15) is 0 Å². The van der Waals surface area contributed by atoms with Crippen LogP contribution in [0.5, 0.6) is 0 Å². The van der Waals surface area contributed by atoms with E-state index in [0.717, 1.165) is 0 Å². The summed E-state index contributed by atoms with van der Waals surface area (Å²) in [5, 5.41) is 38.7. The number of hydrogen-bond acceptors (Lipinski definition) is 8. The van der Waals surface area contributed by atoms with Crippen molar-refractivity contribution in [3.63, 3.8) is 0 Å². The molecule has 9 N–H and O–H groups in total. The summed E-state index contributed by atoms with van der Waals surface area (Å²) in [6, 6.07) is 0. The second kappa shape index (κ2) is 7.27. The van der Waals surface area contributed by atoms with E-state index < -0.39 is 36.5 Å². The Hall–Kier alpha value is -1.10. The van der Waals surface area contributed by atoms with Crippen LogP contribution in [0, 0.1) is 0 Å². The second-order valence-corrected chi connectivity index (χ2v) is 3.40. The summed E-state index contributed by atoms with van der Waals surface area (Å²) in [4.78, 5) is 21.4. The van der Waals surface area contributed by atoms with Crippen molar-refractivity contribution < 1.29 is 30.0 Å². The lowest BCUT2D eigenvalue weighted by Gasteiger charge is -2.24. The summed E-state index contributed by atoms with van der Waals surface area (Å²) < 4.78 is 0. The zero-order valence-electron chi connectivity index (χ0n) is 8.93. The van der Waals surface area contributed by atoms with E-state index in [-0.39, 0.29) is 12.8 Å². The summed E-state index contributed by atoms with van der Waals surface area (Å²) in [5.41, 5.74) is 10.4. The third-order valence-electron chi connectivity index (χ3n) is 2.01. The number of hydrogen-bond donors (Lipinski definition) is 7. The van der Waals surface area contributed by atoms with Gasteiger partial charge in [-0.05, 0) is 0 Å². The van der Waals surface area contributed by atoms with Gasteiger partial charge in [0.1, 0.15) is 18.3 Å². The molecule has 1 unspecified atom stereocenters. The molecule has 0 heterocycles. The van der Waals surface area contributed by atoms with Gasteiger partial charge in [0.05, 0.1) is 6.17 Å². The highest BCUT2D eigenvalue weighted by Crippen LogP contribution is 2.04. The molecule has 0 saturated carbocycles. The molecule has 9 heteroatoms. The van der Waals surface area contributed by atoms with Crippen LogP contribution in [0.3, 0.4) is 0 Å². The average Bonchev–Trinajstić information content (AvgIpc) is 2.34. The minimum Gasteiger partial charge on any atom is -0.387 e. The van der Waals surface area contributed by atoms with Gasteiger partial charge in [0.15, 0.2) is 12.4 Å². The highest BCUT2D eigenvalue weighted by Gasteiger charge is 2.34. The van der Waals surface area contributed by atoms with Gasteiger partial charge < -0.3 is 42.0 Å². The Balaban J connectivity index is 4.42. The zero-order valence-corrected chi connectivity index (χ0v) is 8.93. The number of aliphatic hydroxyl groups is 4. The van der Waals surface area contributed by atoms with E-state index in [0.29, 0.717) is 0 Å². The number of carbonyl (C=O) groups excluding carboxylic acids is 2. The number of amides is 1. The van der Waals surface area contributed by atoms with E-state index >= 15 is 0 Å². The van der Waals surface area contributed by atoms with E-state index in [1.807, 2.05) is 5.32 Å². The number of nitrogens with two attached hydrogens (primary N) is 2. The lowest BCUT2D eigenvalue weighted by atomic mass is 10.0. The molecule has 0 fully saturated rings. The molecule has 0 aliphatic heterocycles. The van der Waals surface area contributed by atoms with Crippen LogP contribution < -0.4 is 16.8 Å². The molecule has 9 nitrogen and oxygen atoms in total. The van der Waals surface area contributed by atoms with Gasteiger partial charge in [0.2, 0.25) is 0 Å². The van der Waals surface area contributed by atoms with Crippen molar-refractivity contribution in [3.05, 3.63) is 0 Å². The summed E-state index contributed by atoms with van der Waals surface area (Å²) in [5.74, 6) is -1.08. The Morgan fingerprint density at radius 1 is 1.24 bits per heavy atom. The van der Waals surface area contributed by atoms with Crippen LogP contribution in [-0.2, 0) is 9.59 Å². The topological polar surface area (TPSA) is 179 Å². The Kier molecular flexibility index (Phi) is 6.80. The lowest BCUT2D eigenvalue weighted by Crippen LogP contribution is -2.55. The minimum atomic E-state index is -2.04. The molecule has 0 rings (SSSR count). The first kappa shape index (κ1) is 15.9. The first-order valence-corrected chi connectivity index (χ1v) is 4.78. The van der Waals surface area contributed by atoms with E-state index in [9.17, 15) is 19.8 Å². The molecule has 0 aliphatic rings. The Morgan fingerprint density at radius 2 is 1.76 bits per heavy atom. The first-order valence-electron chi connectivity index (χ1n) is 4.78. The molecule has 5 atom stereocenters. The van der Waals surface area contributed by atoms with E-state index in [2.05, 4.69) is 0 Å². The van der Waals surface area contributed by atoms with Crippen molar-refractivity contribution in [1.82, 2.24) is 5.32 Å². The van der Waals surface area contributed by atoms with Crippen molar-refractivity contribution >= 4 is 12.2 Å². The summed E-state index contributed by atoms with van der Waals surface area (Å²) in [7, 11) is 0. The van der Waals surface area contributed by atoms with Crippen LogP contribution in [0.4, 0.5) is 0 Å². The summed E-state index contributed by atoms with van der Waals surface area (Å²) in [6.45, 7) is -0.0892. The van der Waals surface area contributed by atoms with Crippen molar-refractivity contribution in [2.24, 2.45) is 11.5 Å². The molecule has 1 amide bonds. The molecule has 0 saturated heterocycles. The molecular formula is C8H17N3O6. The highest BCUT2D eigenvalue weighted by atomic mass is 16.4. The first-order chi connectivity index (χ1) is 7.84. The van der Waals surface area contributed by atoms with Crippen LogP contribution >= 0.6 is 0 Å². The SMILES string of the molecule is NCC(N)NC(=O)[C@H](O)[C@@H](O)[C@@H](O)[C@H](O)C=O. The fourth-order valence-electron chi connectivity index (χ4n) is 0.951. The molecule has 0 aromatic heterocycles. The average molecular weight is 251 g/mol. The van der Waals surface area contributed by atoms with Crippen LogP contribution in [0.25, 0.3) is 0 Å². The van der Waals surface area contributed by atoms with Crippen LogP contribution in [-0.4, -0.2) is 69.7 Å². The zero-order chi connectivity index (χ0) is 13.6. The lowest BCUT2D eigenvalue weighted by molar-refractivity contribution is -0.150. The largest absolute Gasteiger partial charge is 0.387 e. The quantitative estimate of drug-likeness (QED) is 0.173. The van der Waals surface area contributed by atoms with Gasteiger partial charge in [-0.25, -0.2) is 0 Å². The van der Waals surface area contributed by atoms with Gasteiger partial charge in [0.25, 0.3) is 5.91 Å².